The van der Waals surface area contributed by atoms with E-state index in [0.717, 1.165) is 5.56 Å². The minimum absolute atomic E-state index is 0.0879. The van der Waals surface area contributed by atoms with Crippen LogP contribution in [0.4, 0.5) is 4.79 Å². The van der Waals surface area contributed by atoms with Gasteiger partial charge in [-0.25, -0.2) is 4.79 Å². The average molecular weight is 293 g/mol. The van der Waals surface area contributed by atoms with Gasteiger partial charge in [-0.15, -0.1) is 0 Å². The monoisotopic (exact) mass is 293 g/mol. The van der Waals surface area contributed by atoms with Crippen molar-refractivity contribution in [2.24, 2.45) is 5.92 Å². The van der Waals surface area contributed by atoms with Gasteiger partial charge in [0, 0.05) is 0 Å². The topological polar surface area (TPSA) is 92.7 Å². The van der Waals surface area contributed by atoms with Crippen LogP contribution in [-0.2, 0) is 20.9 Å². The van der Waals surface area contributed by atoms with E-state index >= 15 is 0 Å². The summed E-state index contributed by atoms with van der Waals surface area (Å²) in [5.74, 6) is -1.99. The van der Waals surface area contributed by atoms with Crippen molar-refractivity contribution in [3.05, 3.63) is 35.9 Å². The molecule has 0 bridgehead atoms. The van der Waals surface area contributed by atoms with Crippen LogP contribution in [0.25, 0.3) is 0 Å². The van der Waals surface area contributed by atoms with Gasteiger partial charge >= 0.3 is 12.1 Å². The number of carbonyl (C=O) groups is 3. The molecule has 0 spiro atoms. The number of benzene rings is 1. The molecule has 1 rings (SSSR count). The fraction of sp³-hybridized carbons (Fsp3) is 0.400. The van der Waals surface area contributed by atoms with Crippen molar-refractivity contribution in [3.63, 3.8) is 0 Å². The van der Waals surface area contributed by atoms with E-state index in [1.807, 2.05) is 30.3 Å². The molecular weight excluding hydrogens is 274 g/mol. The van der Waals surface area contributed by atoms with E-state index < -0.39 is 30.3 Å². The van der Waals surface area contributed by atoms with Crippen LogP contribution < -0.4 is 5.32 Å². The molecule has 1 aromatic carbocycles. The Balaban J connectivity index is 2.53. The third kappa shape index (κ3) is 6.07. The lowest BCUT2D eigenvalue weighted by Crippen LogP contribution is -2.45. The standard InChI is InChI=1S/C15H19NO5/c1-10(2)14(12(17)8-13(18)19)16-15(20)21-9-11-6-4-3-5-7-11/h3-7,10,14H,8-9H2,1-2H3,(H,16,20)(H,18,19). The highest BCUT2D eigenvalue weighted by atomic mass is 16.5. The second-order valence-corrected chi connectivity index (χ2v) is 4.96. The number of carbonyl (C=O) groups excluding carboxylic acids is 2. The smallest absolute Gasteiger partial charge is 0.408 e. The lowest BCUT2D eigenvalue weighted by molar-refractivity contribution is -0.140. The predicted molar refractivity (Wildman–Crippen MR) is 75.6 cm³/mol. The van der Waals surface area contributed by atoms with Gasteiger partial charge in [0.2, 0.25) is 0 Å². The van der Waals surface area contributed by atoms with Gasteiger partial charge in [-0.3, -0.25) is 9.59 Å². The van der Waals surface area contributed by atoms with Crippen LogP contribution in [0.1, 0.15) is 25.8 Å². The van der Waals surface area contributed by atoms with E-state index in [1.54, 1.807) is 13.8 Å². The molecule has 1 amide bonds. The molecular formula is C15H19NO5. The highest BCUT2D eigenvalue weighted by Gasteiger charge is 2.26. The Morgan fingerprint density at radius 1 is 1.19 bits per heavy atom. The Hall–Kier alpha value is -2.37. The molecule has 0 heterocycles. The zero-order valence-electron chi connectivity index (χ0n) is 12.0. The number of carboxylic acids is 1. The molecule has 0 aliphatic rings. The summed E-state index contributed by atoms with van der Waals surface area (Å²) in [5.41, 5.74) is 0.825. The van der Waals surface area contributed by atoms with Gasteiger partial charge in [0.15, 0.2) is 5.78 Å². The Kier molecular flexibility index (Phi) is 6.39. The first-order valence-corrected chi connectivity index (χ1v) is 6.62. The van der Waals surface area contributed by atoms with Crippen LogP contribution in [0.3, 0.4) is 0 Å². The Bertz CT molecular complexity index is 498. The largest absolute Gasteiger partial charge is 0.481 e. The summed E-state index contributed by atoms with van der Waals surface area (Å²) in [6.45, 7) is 3.54. The molecule has 2 N–H and O–H groups in total. The van der Waals surface area contributed by atoms with Crippen molar-refractivity contribution in [1.82, 2.24) is 5.32 Å². The zero-order valence-corrected chi connectivity index (χ0v) is 12.0. The van der Waals surface area contributed by atoms with Gasteiger partial charge in [-0.2, -0.15) is 0 Å². The van der Waals surface area contributed by atoms with Crippen molar-refractivity contribution >= 4 is 17.8 Å². The fourth-order valence-electron chi connectivity index (χ4n) is 1.77. The van der Waals surface area contributed by atoms with Gasteiger partial charge in [0.05, 0.1) is 6.04 Å². The summed E-state index contributed by atoms with van der Waals surface area (Å²) < 4.78 is 5.01. The maximum absolute atomic E-state index is 11.8. The maximum Gasteiger partial charge on any atom is 0.408 e. The number of amides is 1. The number of nitrogens with one attached hydrogen (secondary N) is 1. The SMILES string of the molecule is CC(C)C(NC(=O)OCc1ccccc1)C(=O)CC(=O)O. The molecule has 0 fully saturated rings. The van der Waals surface area contributed by atoms with E-state index in [2.05, 4.69) is 5.32 Å². The fourth-order valence-corrected chi connectivity index (χ4v) is 1.77. The van der Waals surface area contributed by atoms with Crippen molar-refractivity contribution in [2.75, 3.05) is 0 Å². The summed E-state index contributed by atoms with van der Waals surface area (Å²) >= 11 is 0. The molecule has 114 valence electrons. The van der Waals surface area contributed by atoms with Crippen molar-refractivity contribution < 1.29 is 24.2 Å². The number of rotatable bonds is 7. The third-order valence-electron chi connectivity index (χ3n) is 2.83. The molecule has 6 heteroatoms. The lowest BCUT2D eigenvalue weighted by Gasteiger charge is -2.20. The van der Waals surface area contributed by atoms with Crippen molar-refractivity contribution in [3.8, 4) is 0 Å². The molecule has 0 saturated carbocycles. The molecule has 1 atom stereocenters. The number of ether oxygens (including phenoxy) is 1. The highest BCUT2D eigenvalue weighted by molar-refractivity contribution is 5.99. The molecule has 21 heavy (non-hydrogen) atoms. The van der Waals surface area contributed by atoms with Crippen LogP contribution in [0.5, 0.6) is 0 Å². The maximum atomic E-state index is 11.8. The van der Waals surface area contributed by atoms with Gasteiger partial charge in [-0.05, 0) is 11.5 Å². The minimum atomic E-state index is -1.22. The first-order chi connectivity index (χ1) is 9.90. The number of hydrogen-bond acceptors (Lipinski definition) is 4. The second-order valence-electron chi connectivity index (χ2n) is 4.96. The quantitative estimate of drug-likeness (QED) is 0.750. The number of Topliss-reactive ketones (excluding diaryl/α,β-unsaturated/α-hetero) is 1. The molecule has 1 aromatic rings. The van der Waals surface area contributed by atoms with Crippen LogP contribution >= 0.6 is 0 Å². The van der Waals surface area contributed by atoms with Gasteiger partial charge in [0.25, 0.3) is 0 Å². The Morgan fingerprint density at radius 3 is 2.33 bits per heavy atom. The minimum Gasteiger partial charge on any atom is -0.481 e. The van der Waals surface area contributed by atoms with Crippen LogP contribution in [-0.4, -0.2) is 29.0 Å². The molecule has 0 radical (unpaired) electrons. The average Bonchev–Trinajstić information content (AvgIpc) is 2.42. The Labute approximate surface area is 123 Å². The zero-order chi connectivity index (χ0) is 15.8. The lowest BCUT2D eigenvalue weighted by atomic mass is 9.98. The van der Waals surface area contributed by atoms with E-state index in [0.29, 0.717) is 0 Å². The van der Waals surface area contributed by atoms with E-state index in [9.17, 15) is 14.4 Å². The summed E-state index contributed by atoms with van der Waals surface area (Å²) in [6.07, 6.45) is -1.36. The van der Waals surface area contributed by atoms with Crippen LogP contribution in [0.2, 0.25) is 0 Å². The first-order valence-electron chi connectivity index (χ1n) is 6.62. The molecule has 0 aliphatic carbocycles. The molecule has 0 aromatic heterocycles. The van der Waals surface area contributed by atoms with E-state index in [-0.39, 0.29) is 12.5 Å². The summed E-state index contributed by atoms with van der Waals surface area (Å²) in [6, 6.07) is 8.24. The molecule has 0 aliphatic heterocycles. The highest BCUT2D eigenvalue weighted by Crippen LogP contribution is 2.07. The van der Waals surface area contributed by atoms with Crippen molar-refractivity contribution in [1.29, 1.82) is 0 Å². The summed E-state index contributed by atoms with van der Waals surface area (Å²) in [4.78, 5) is 34.0. The van der Waals surface area contributed by atoms with E-state index in [1.165, 1.54) is 0 Å². The second kappa shape index (κ2) is 8.04. The predicted octanol–water partition coefficient (Wildman–Crippen LogP) is 1.98. The number of aliphatic carboxylic acids is 1. The van der Waals surface area contributed by atoms with Gasteiger partial charge in [-0.1, -0.05) is 44.2 Å². The number of hydrogen-bond donors (Lipinski definition) is 2. The van der Waals surface area contributed by atoms with Crippen LogP contribution in [0.15, 0.2) is 30.3 Å². The van der Waals surface area contributed by atoms with Gasteiger partial charge in [0.1, 0.15) is 13.0 Å². The molecule has 1 unspecified atom stereocenters. The number of ketones is 1. The van der Waals surface area contributed by atoms with Gasteiger partial charge < -0.3 is 15.2 Å². The summed E-state index contributed by atoms with van der Waals surface area (Å²) in [5, 5.41) is 11.1. The summed E-state index contributed by atoms with van der Waals surface area (Å²) in [7, 11) is 0. The third-order valence-corrected chi connectivity index (χ3v) is 2.83. The first kappa shape index (κ1) is 16.7. The van der Waals surface area contributed by atoms with Crippen molar-refractivity contribution in [2.45, 2.75) is 32.9 Å². The van der Waals surface area contributed by atoms with E-state index in [4.69, 9.17) is 9.84 Å². The molecule has 6 nitrogen and oxygen atoms in total. The van der Waals surface area contributed by atoms with Crippen LogP contribution in [0, 0.1) is 5.92 Å². The normalized spacial score (nSPS) is 11.8. The number of carboxylic acid groups (broad SMARTS) is 1. The Morgan fingerprint density at radius 2 is 1.81 bits per heavy atom. The number of alkyl carbamates (subject to hydrolysis) is 1. The molecule has 0 saturated heterocycles.